The Balaban J connectivity index is 2.81. The van der Waals surface area contributed by atoms with Crippen molar-refractivity contribution in [2.24, 2.45) is 11.8 Å². The molecule has 1 aliphatic rings. The van der Waals surface area contributed by atoms with Crippen molar-refractivity contribution in [3.05, 3.63) is 22.5 Å². The van der Waals surface area contributed by atoms with Crippen molar-refractivity contribution in [3.8, 4) is 0 Å². The summed E-state index contributed by atoms with van der Waals surface area (Å²) in [4.78, 5) is 7.54. The van der Waals surface area contributed by atoms with Crippen molar-refractivity contribution in [1.82, 2.24) is 4.98 Å². The predicted octanol–water partition coefficient (Wildman–Crippen LogP) is 5.43. The zero-order valence-electron chi connectivity index (χ0n) is 16.0. The van der Waals surface area contributed by atoms with Gasteiger partial charge in [0.05, 0.1) is 0 Å². The van der Waals surface area contributed by atoms with Crippen LogP contribution in [0.4, 0.5) is 5.69 Å². The molecular formula is C20H34N2. The van der Waals surface area contributed by atoms with Crippen LogP contribution in [-0.4, -0.2) is 18.1 Å². The molecule has 0 aliphatic carbocycles. The molecule has 1 aromatic heterocycles. The topological polar surface area (TPSA) is 16.1 Å². The van der Waals surface area contributed by atoms with Crippen molar-refractivity contribution in [1.29, 1.82) is 0 Å². The van der Waals surface area contributed by atoms with Gasteiger partial charge in [0.25, 0.3) is 0 Å². The summed E-state index contributed by atoms with van der Waals surface area (Å²) in [5.74, 6) is 2.44. The van der Waals surface area contributed by atoms with Crippen molar-refractivity contribution < 1.29 is 0 Å². The quantitative estimate of drug-likeness (QED) is 0.724. The summed E-state index contributed by atoms with van der Waals surface area (Å²) in [5.41, 5.74) is 6.88. The minimum absolute atomic E-state index is 0.478. The third-order valence-corrected chi connectivity index (χ3v) is 5.85. The highest BCUT2D eigenvalue weighted by Crippen LogP contribution is 2.46. The molecule has 2 rings (SSSR count). The molecule has 0 fully saturated rings. The largest absolute Gasteiger partial charge is 0.371 e. The summed E-state index contributed by atoms with van der Waals surface area (Å²) in [6, 6.07) is 0.572. The standard InChI is InChI=1S/C20H34N2/c1-11(2)17-10-13(5)16(8)22(9)20-14(6)15(7)21-19(12(3)4)18(17)20/h11-13,16-17H,10H2,1-9H3/t13-,16-,17?/m0/s1. The van der Waals surface area contributed by atoms with Crippen LogP contribution in [0.3, 0.4) is 0 Å². The number of anilines is 1. The molecule has 124 valence electrons. The number of pyridine rings is 1. The van der Waals surface area contributed by atoms with Gasteiger partial charge in [0.15, 0.2) is 0 Å². The molecule has 22 heavy (non-hydrogen) atoms. The lowest BCUT2D eigenvalue weighted by molar-refractivity contribution is 0.364. The Morgan fingerprint density at radius 3 is 2.18 bits per heavy atom. The first-order chi connectivity index (χ1) is 10.2. The molecule has 2 nitrogen and oxygen atoms in total. The number of hydrogen-bond donors (Lipinski definition) is 0. The van der Waals surface area contributed by atoms with Gasteiger partial charge in [0, 0.05) is 35.7 Å². The maximum Gasteiger partial charge on any atom is 0.0487 e. The Labute approximate surface area is 137 Å². The fraction of sp³-hybridized carbons (Fsp3) is 0.750. The minimum Gasteiger partial charge on any atom is -0.371 e. The molecule has 1 aliphatic heterocycles. The predicted molar refractivity (Wildman–Crippen MR) is 97.0 cm³/mol. The molecule has 2 heterocycles. The first kappa shape index (κ1) is 17.3. The van der Waals surface area contributed by atoms with Crippen molar-refractivity contribution in [3.63, 3.8) is 0 Å². The van der Waals surface area contributed by atoms with E-state index in [9.17, 15) is 0 Å². The van der Waals surface area contributed by atoms with E-state index in [0.717, 1.165) is 0 Å². The van der Waals surface area contributed by atoms with E-state index in [1.165, 1.54) is 34.6 Å². The van der Waals surface area contributed by atoms with E-state index >= 15 is 0 Å². The van der Waals surface area contributed by atoms with Crippen molar-refractivity contribution in [2.75, 3.05) is 11.9 Å². The average molecular weight is 303 g/mol. The first-order valence-corrected chi connectivity index (χ1v) is 8.90. The van der Waals surface area contributed by atoms with Crippen LogP contribution < -0.4 is 4.90 Å². The molecule has 1 aromatic rings. The molecule has 1 unspecified atom stereocenters. The number of aryl methyl sites for hydroxylation is 1. The lowest BCUT2D eigenvalue weighted by Crippen LogP contribution is -2.34. The van der Waals surface area contributed by atoms with Gasteiger partial charge in [-0.05, 0) is 56.4 Å². The fourth-order valence-corrected chi connectivity index (χ4v) is 3.99. The normalized spacial score (nSPS) is 25.6. The van der Waals surface area contributed by atoms with Crippen molar-refractivity contribution in [2.45, 2.75) is 79.7 Å². The highest BCUT2D eigenvalue weighted by atomic mass is 15.1. The van der Waals surface area contributed by atoms with Crippen LogP contribution in [-0.2, 0) is 0 Å². The summed E-state index contributed by atoms with van der Waals surface area (Å²) in [6.07, 6.45) is 1.26. The van der Waals surface area contributed by atoms with Crippen LogP contribution >= 0.6 is 0 Å². The SMILES string of the molecule is Cc1nc(C(C)C)c2c(c1C)N(C)[C@@H](C)[C@@H](C)CC2C(C)C. The number of aromatic nitrogens is 1. The van der Waals surface area contributed by atoms with Gasteiger partial charge in [-0.2, -0.15) is 0 Å². The third kappa shape index (κ3) is 2.77. The maximum absolute atomic E-state index is 5.02. The van der Waals surface area contributed by atoms with Gasteiger partial charge in [0.1, 0.15) is 0 Å². The zero-order valence-corrected chi connectivity index (χ0v) is 16.0. The van der Waals surface area contributed by atoms with Gasteiger partial charge in [0.2, 0.25) is 0 Å². The van der Waals surface area contributed by atoms with E-state index in [0.29, 0.717) is 29.7 Å². The number of rotatable bonds is 2. The lowest BCUT2D eigenvalue weighted by Gasteiger charge is -2.32. The molecule has 0 saturated heterocycles. The average Bonchev–Trinajstić information content (AvgIpc) is 2.53. The Bertz CT molecular complexity index is 545. The van der Waals surface area contributed by atoms with Gasteiger partial charge in [-0.1, -0.05) is 34.6 Å². The molecule has 2 heteroatoms. The Morgan fingerprint density at radius 2 is 1.68 bits per heavy atom. The van der Waals surface area contributed by atoms with Gasteiger partial charge in [-0.25, -0.2) is 0 Å². The fourth-order valence-electron chi connectivity index (χ4n) is 3.99. The van der Waals surface area contributed by atoms with Crippen LogP contribution in [0.15, 0.2) is 0 Å². The summed E-state index contributed by atoms with van der Waals surface area (Å²) in [5, 5.41) is 0. The zero-order chi connectivity index (χ0) is 16.8. The van der Waals surface area contributed by atoms with E-state index in [1.54, 1.807) is 0 Å². The Hall–Kier alpha value is -1.05. The summed E-state index contributed by atoms with van der Waals surface area (Å²) < 4.78 is 0. The van der Waals surface area contributed by atoms with Crippen LogP contribution in [0, 0.1) is 25.7 Å². The summed E-state index contributed by atoms with van der Waals surface area (Å²) in [7, 11) is 2.28. The molecular weight excluding hydrogens is 268 g/mol. The number of fused-ring (bicyclic) bond motifs is 1. The molecule has 0 saturated carbocycles. The molecule has 0 aromatic carbocycles. The number of hydrogen-bond acceptors (Lipinski definition) is 2. The van der Waals surface area contributed by atoms with Crippen LogP contribution in [0.1, 0.15) is 82.3 Å². The molecule has 0 amide bonds. The second-order valence-corrected chi connectivity index (χ2v) is 8.04. The molecule has 0 radical (unpaired) electrons. The lowest BCUT2D eigenvalue weighted by atomic mass is 9.78. The Kier molecular flexibility index (Phi) is 4.89. The van der Waals surface area contributed by atoms with E-state index in [-0.39, 0.29) is 0 Å². The second-order valence-electron chi connectivity index (χ2n) is 8.04. The Morgan fingerprint density at radius 1 is 1.09 bits per heavy atom. The highest BCUT2D eigenvalue weighted by molar-refractivity contribution is 5.64. The molecule has 0 spiro atoms. The minimum atomic E-state index is 0.478. The number of nitrogens with zero attached hydrogens (tertiary/aromatic N) is 2. The first-order valence-electron chi connectivity index (χ1n) is 8.90. The van der Waals surface area contributed by atoms with Crippen LogP contribution in [0.2, 0.25) is 0 Å². The molecule has 0 N–H and O–H groups in total. The second kappa shape index (κ2) is 6.22. The van der Waals surface area contributed by atoms with Gasteiger partial charge < -0.3 is 4.90 Å². The summed E-state index contributed by atoms with van der Waals surface area (Å²) >= 11 is 0. The van der Waals surface area contributed by atoms with Crippen LogP contribution in [0.5, 0.6) is 0 Å². The van der Waals surface area contributed by atoms with Crippen molar-refractivity contribution >= 4 is 5.69 Å². The van der Waals surface area contributed by atoms with E-state index in [1.807, 2.05) is 0 Å². The van der Waals surface area contributed by atoms with E-state index in [2.05, 4.69) is 67.3 Å². The maximum atomic E-state index is 5.02. The third-order valence-electron chi connectivity index (χ3n) is 5.85. The highest BCUT2D eigenvalue weighted by Gasteiger charge is 2.35. The van der Waals surface area contributed by atoms with Crippen LogP contribution in [0.25, 0.3) is 0 Å². The van der Waals surface area contributed by atoms with Gasteiger partial charge in [-0.15, -0.1) is 0 Å². The van der Waals surface area contributed by atoms with Gasteiger partial charge in [-0.3, -0.25) is 4.98 Å². The smallest absolute Gasteiger partial charge is 0.0487 e. The monoisotopic (exact) mass is 302 g/mol. The van der Waals surface area contributed by atoms with E-state index in [4.69, 9.17) is 4.98 Å². The van der Waals surface area contributed by atoms with E-state index < -0.39 is 0 Å². The summed E-state index contributed by atoms with van der Waals surface area (Å²) in [6.45, 7) is 18.5. The van der Waals surface area contributed by atoms with Gasteiger partial charge >= 0.3 is 0 Å². The molecule has 0 bridgehead atoms. The molecule has 3 atom stereocenters.